The Kier molecular flexibility index (Phi) is 30.0. The molecule has 0 radical (unpaired) electrons. The summed E-state index contributed by atoms with van der Waals surface area (Å²) in [4.78, 5) is 12.4. The van der Waals surface area contributed by atoms with E-state index in [2.05, 4.69) is 100.0 Å². The maximum Gasteiger partial charge on any atom is 0.429 e. The third kappa shape index (κ3) is 21.6. The van der Waals surface area contributed by atoms with Crippen molar-refractivity contribution in [3.63, 3.8) is 0 Å². The van der Waals surface area contributed by atoms with Gasteiger partial charge in [-0.3, -0.25) is 4.79 Å². The highest BCUT2D eigenvalue weighted by Gasteiger charge is 2.72. The highest BCUT2D eigenvalue weighted by Crippen LogP contribution is 2.69. The van der Waals surface area contributed by atoms with Gasteiger partial charge < -0.3 is 37.9 Å². The van der Waals surface area contributed by atoms with E-state index in [-0.39, 0.29) is 89.6 Å². The summed E-state index contributed by atoms with van der Waals surface area (Å²) in [5, 5.41) is 31.6. The molecule has 0 spiro atoms. The van der Waals surface area contributed by atoms with Gasteiger partial charge in [-0.2, -0.15) is 52.7 Å². The lowest BCUT2D eigenvalue weighted by Gasteiger charge is -2.45. The number of fused-ring (bicyclic) bond motifs is 2. The van der Waals surface area contributed by atoms with Crippen molar-refractivity contribution in [3.8, 4) is 0 Å². The fraction of sp³-hybridized carbons (Fsp3) is 0.648. The largest absolute Gasteiger partial charge is 0.429 e. The van der Waals surface area contributed by atoms with Crippen molar-refractivity contribution >= 4 is 48.5 Å². The lowest BCUT2D eigenvalue weighted by Crippen LogP contribution is -2.61. The summed E-state index contributed by atoms with van der Waals surface area (Å²) in [7, 11) is -10.1. The lowest BCUT2D eigenvalue weighted by atomic mass is 9.61. The summed E-state index contributed by atoms with van der Waals surface area (Å²) in [6.07, 6.45) is 2.09. The SMILES string of the molecule is C.C1CCOC1.C=C1/C(=C\C=C2/CCC[C@]3(C)C(C4(C/C=C/C(O)(C(F)(F)F)C(F)(F)F)CC4)=CCC23)CC(O)C[C@@H]1O.C=C1/C(=C\CP(=O)(c2ccccc2)c2ccccc2)CC(O[Si](C)(C)C(C)(C)C)C[C@@H]1O[Si](C)(C)C(C)(C)C.C[C@]12CCCC(=O)C1CC=C2C1(C/C=C/C(O[Si](C)(C)C)(C(F)(F)F)C(F)(F)F)CC1. The van der Waals surface area contributed by atoms with Gasteiger partial charge in [0.2, 0.25) is 0 Å². The van der Waals surface area contributed by atoms with Gasteiger partial charge in [0.15, 0.2) is 25.0 Å². The van der Waals surface area contributed by atoms with Crippen LogP contribution in [0.5, 0.6) is 0 Å². The quantitative estimate of drug-likeness (QED) is 0.0544. The molecule has 0 aromatic heterocycles. The van der Waals surface area contributed by atoms with Crippen LogP contribution >= 0.6 is 7.14 Å². The third-order valence-corrected chi connectivity index (χ3v) is 38.9. The lowest BCUT2D eigenvalue weighted by molar-refractivity contribution is -0.347. The van der Waals surface area contributed by atoms with E-state index in [4.69, 9.17) is 18.0 Å². The van der Waals surface area contributed by atoms with Gasteiger partial charge in [-0.25, -0.2) is 0 Å². The van der Waals surface area contributed by atoms with Crippen LogP contribution in [0, 0.1) is 33.5 Å². The molecule has 1 saturated heterocycles. The zero-order chi connectivity index (χ0) is 83.8. The summed E-state index contributed by atoms with van der Waals surface area (Å²) >= 11 is 0. The number of hydrogen-bond donors (Lipinski definition) is 3. The van der Waals surface area contributed by atoms with E-state index in [1.165, 1.54) is 38.1 Å². The number of carbonyl (C=O) groups is 1. The van der Waals surface area contributed by atoms with Gasteiger partial charge in [-0.05, 0) is 227 Å². The predicted molar refractivity (Wildman–Crippen MR) is 437 cm³/mol. The van der Waals surface area contributed by atoms with Crippen LogP contribution in [0.15, 0.2) is 168 Å². The van der Waals surface area contributed by atoms with E-state index in [1.54, 1.807) is 0 Å². The third-order valence-electron chi connectivity index (χ3n) is 26.0. The number of aliphatic hydroxyl groups excluding tert-OH is 2. The molecule has 9 nitrogen and oxygen atoms in total. The van der Waals surface area contributed by atoms with Crippen LogP contribution < -0.4 is 10.6 Å². The van der Waals surface area contributed by atoms with Crippen molar-refractivity contribution in [1.29, 1.82) is 0 Å². The predicted octanol–water partition coefficient (Wildman–Crippen LogP) is 24.3. The molecule has 25 heteroatoms. The minimum Gasteiger partial charge on any atom is -0.413 e. The molecular weight excluding hydrogens is 1540 g/mol. The Morgan fingerprint density at radius 2 is 1.04 bits per heavy atom. The van der Waals surface area contributed by atoms with Crippen LogP contribution in [0.25, 0.3) is 0 Å². The van der Waals surface area contributed by atoms with E-state index in [0.717, 1.165) is 115 Å². The Labute approximate surface area is 668 Å². The zero-order valence-corrected chi connectivity index (χ0v) is 72.3. The van der Waals surface area contributed by atoms with Crippen molar-refractivity contribution in [2.24, 2.45) is 33.5 Å². The standard InChI is InChI=1S/C33H51O3PSi2.C28H34F6O3.C22H30F6O2Si.C4H8O.CH4/c1-26-27(22-23-37(34,29-18-14-12-15-19-29)30-20-16-13-17-21-30)24-28(35-38(8,9)32(2,3)4)25-31(26)36-39(10,11)33(5,6)7;1-17-19(15-20(35)16-22(17)36)7-6-18-5-3-10-24(2)21(18)8-9-23(24)25(13-14-25)11-4-12-26(37,27(29,30)31)28(32,33)34;1-18-10-5-7-16(29)15(18)8-9-17(18)19(13-14-19)11-6-12-20(21(23,24)25,22(26,27)28)30-31(2,3)4;1-2-4-5-3-1;/h12-22,28,31H,1,23-25H2,2-11H3;4,6-7,9,12,20-22,35-37H,1,3,5,8,10-11,13-16H2,2H3;6,9,12,15H,5,7-8,10-11,13-14H2,1-4H3;1-4H2;1H4/b27-22-;12-4+,18-6+,19-7-;12-6+;;/t28?,31-;20?,21?,22-,24-;15?,18-;;/m000../s1. The molecule has 1 aliphatic heterocycles. The molecule has 3 N–H and O–H groups in total. The number of carbonyl (C=O) groups excluding carboxylic acids is 1. The van der Waals surface area contributed by atoms with E-state index in [0.29, 0.717) is 56.7 Å². The summed E-state index contributed by atoms with van der Waals surface area (Å²) in [5.74, 6) is 0.268. The number of ether oxygens (including phenoxy) is 1. The molecular formula is C88H127F12O9PSi3. The normalized spacial score (nSPS) is 27.7. The van der Waals surface area contributed by atoms with Crippen LogP contribution in [-0.2, 0) is 27.4 Å². The molecule has 8 atom stereocenters. The van der Waals surface area contributed by atoms with Gasteiger partial charge in [0.25, 0.3) is 11.2 Å². The van der Waals surface area contributed by atoms with Gasteiger partial charge in [-0.1, -0.05) is 196 Å². The molecule has 7 fully saturated rings. The number of aliphatic hydroxyl groups is 3. The van der Waals surface area contributed by atoms with Crippen molar-refractivity contribution in [1.82, 2.24) is 0 Å². The number of alkyl halides is 12. The average Bonchev–Trinajstić information content (AvgIpc) is 1.16. The molecule has 0 amide bonds. The Balaban J connectivity index is 0.000000227. The van der Waals surface area contributed by atoms with E-state index < -0.39 is 91.0 Å². The van der Waals surface area contributed by atoms with Gasteiger partial charge in [-0.15, -0.1) is 0 Å². The molecule has 113 heavy (non-hydrogen) atoms. The molecule has 1 heterocycles. The second-order valence-electron chi connectivity index (χ2n) is 37.3. The van der Waals surface area contributed by atoms with Crippen molar-refractivity contribution in [2.75, 3.05) is 19.4 Å². The molecule has 634 valence electrons. The second-order valence-corrected chi connectivity index (χ2v) is 54.2. The Morgan fingerprint density at radius 3 is 1.49 bits per heavy atom. The number of rotatable bonds is 19. The molecule has 2 aromatic rings. The molecule has 2 aromatic carbocycles. The van der Waals surface area contributed by atoms with Gasteiger partial charge in [0.05, 0.1) is 24.4 Å². The summed E-state index contributed by atoms with van der Waals surface area (Å²) in [6, 6.07) is 19.8. The first kappa shape index (κ1) is 95.7. The van der Waals surface area contributed by atoms with Crippen LogP contribution in [0.1, 0.15) is 191 Å². The van der Waals surface area contributed by atoms with Crippen LogP contribution in [0.2, 0.25) is 55.9 Å². The summed E-state index contributed by atoms with van der Waals surface area (Å²) < 4.78 is 199. The highest BCUT2D eigenvalue weighted by molar-refractivity contribution is 7.78. The number of allylic oxidation sites excluding steroid dienone is 10. The fourth-order valence-corrected chi connectivity index (χ4v) is 23.6. The molecule has 0 bridgehead atoms. The first-order valence-electron chi connectivity index (χ1n) is 39.9. The zero-order valence-electron chi connectivity index (χ0n) is 68.4. The Morgan fingerprint density at radius 1 is 0.584 bits per heavy atom. The monoisotopic (exact) mass is 1670 g/mol. The Bertz CT molecular complexity index is 3830. The number of Topliss-reactive ketones (excluding diaryl/α,β-unsaturated/α-hetero) is 1. The second kappa shape index (κ2) is 35.5. The first-order valence-corrected chi connectivity index (χ1v) is 51.0. The van der Waals surface area contributed by atoms with Crippen molar-refractivity contribution < 1.29 is 95.4 Å². The minimum atomic E-state index is -5.87. The summed E-state index contributed by atoms with van der Waals surface area (Å²) in [5.41, 5.74) is -3.74. The molecule has 8 aliphatic carbocycles. The average molecular weight is 1670 g/mol. The molecule has 4 unspecified atom stereocenters. The van der Waals surface area contributed by atoms with Gasteiger partial charge in [0, 0.05) is 55.2 Å². The van der Waals surface area contributed by atoms with Gasteiger partial charge >= 0.3 is 24.7 Å². The number of ketones is 1. The molecule has 11 rings (SSSR count). The van der Waals surface area contributed by atoms with Crippen LogP contribution in [-0.4, -0.2) is 126 Å². The molecule has 9 aliphatic rings. The van der Waals surface area contributed by atoms with E-state index in [9.17, 15) is 77.4 Å². The number of hydrogen-bond acceptors (Lipinski definition) is 9. The minimum absolute atomic E-state index is 0. The fourth-order valence-electron chi connectivity index (χ4n) is 17.2. The summed E-state index contributed by atoms with van der Waals surface area (Å²) in [6.45, 7) is 41.6. The number of halogens is 12. The topological polar surface area (TPSA) is 132 Å². The highest BCUT2D eigenvalue weighted by atomic mass is 31.2. The van der Waals surface area contributed by atoms with Crippen molar-refractivity contribution in [2.45, 2.75) is 307 Å². The smallest absolute Gasteiger partial charge is 0.413 e. The maximum absolute atomic E-state index is 14.7. The van der Waals surface area contributed by atoms with Crippen LogP contribution in [0.3, 0.4) is 0 Å². The molecule has 6 saturated carbocycles. The van der Waals surface area contributed by atoms with E-state index in [1.807, 2.05) is 85.8 Å². The van der Waals surface area contributed by atoms with Gasteiger partial charge in [0.1, 0.15) is 12.9 Å². The van der Waals surface area contributed by atoms with Crippen molar-refractivity contribution in [3.05, 3.63) is 168 Å². The number of benzene rings is 2. The van der Waals surface area contributed by atoms with E-state index >= 15 is 0 Å². The van der Waals surface area contributed by atoms with Crippen LogP contribution in [0.4, 0.5) is 52.7 Å². The first-order chi connectivity index (χ1) is 51.4. The Hall–Kier alpha value is -4.47. The maximum atomic E-state index is 14.7.